The van der Waals surface area contributed by atoms with Gasteiger partial charge in [0.05, 0.1) is 16.7 Å². The third-order valence-electron chi connectivity index (χ3n) is 3.51. The van der Waals surface area contributed by atoms with E-state index < -0.39 is 4.92 Å². The first-order valence-electron chi connectivity index (χ1n) is 7.52. The van der Waals surface area contributed by atoms with Crippen LogP contribution in [0, 0.1) is 17.0 Å². The highest BCUT2D eigenvalue weighted by Gasteiger charge is 2.15. The fourth-order valence-corrected chi connectivity index (χ4v) is 2.35. The molecule has 0 unspecified atom stereocenters. The van der Waals surface area contributed by atoms with Crippen molar-refractivity contribution in [3.8, 4) is 11.1 Å². The fourth-order valence-electron chi connectivity index (χ4n) is 2.35. The molecular weight excluding hydrogens is 326 g/mol. The number of amides is 1. The summed E-state index contributed by atoms with van der Waals surface area (Å²) in [5.41, 5.74) is 1.13. The van der Waals surface area contributed by atoms with Gasteiger partial charge in [0.2, 0.25) is 5.91 Å². The van der Waals surface area contributed by atoms with Gasteiger partial charge < -0.3 is 9.84 Å². The Bertz CT molecular complexity index is 915. The standard InChI is InChI=1S/C16H15N5O4/c1-11-8-15(19-25-11)18-16(22)6-7-20-10-12(9-17-20)13-4-2-3-5-14(13)21(23)24/h2-5,8-10H,6-7H2,1H3,(H,18,19,22). The first-order valence-corrected chi connectivity index (χ1v) is 7.52. The lowest BCUT2D eigenvalue weighted by Crippen LogP contribution is -2.14. The Morgan fingerprint density at radius 3 is 2.92 bits per heavy atom. The Morgan fingerprint density at radius 1 is 1.40 bits per heavy atom. The summed E-state index contributed by atoms with van der Waals surface area (Å²) >= 11 is 0. The quantitative estimate of drug-likeness (QED) is 0.544. The highest BCUT2D eigenvalue weighted by molar-refractivity contribution is 5.89. The lowest BCUT2D eigenvalue weighted by molar-refractivity contribution is -0.384. The molecule has 0 aliphatic rings. The molecule has 1 amide bonds. The highest BCUT2D eigenvalue weighted by Crippen LogP contribution is 2.28. The topological polar surface area (TPSA) is 116 Å². The zero-order valence-electron chi connectivity index (χ0n) is 13.4. The average molecular weight is 341 g/mol. The van der Waals surface area contributed by atoms with Crippen LogP contribution in [0.25, 0.3) is 11.1 Å². The number of aromatic nitrogens is 3. The van der Waals surface area contributed by atoms with E-state index in [0.717, 1.165) is 0 Å². The number of anilines is 1. The summed E-state index contributed by atoms with van der Waals surface area (Å²) in [5, 5.41) is 21.6. The number of nitro benzene ring substituents is 1. The van der Waals surface area contributed by atoms with Gasteiger partial charge in [0.15, 0.2) is 5.82 Å². The molecule has 2 heterocycles. The van der Waals surface area contributed by atoms with E-state index in [0.29, 0.717) is 29.2 Å². The number of carbonyl (C=O) groups is 1. The third-order valence-corrected chi connectivity index (χ3v) is 3.51. The van der Waals surface area contributed by atoms with Crippen molar-refractivity contribution >= 4 is 17.4 Å². The van der Waals surface area contributed by atoms with E-state index in [9.17, 15) is 14.9 Å². The monoisotopic (exact) mass is 341 g/mol. The minimum Gasteiger partial charge on any atom is -0.360 e. The molecule has 3 aromatic rings. The maximum absolute atomic E-state index is 11.9. The van der Waals surface area contributed by atoms with Crippen LogP contribution in [-0.4, -0.2) is 25.8 Å². The van der Waals surface area contributed by atoms with E-state index in [-0.39, 0.29) is 18.0 Å². The van der Waals surface area contributed by atoms with Crippen molar-refractivity contribution in [2.75, 3.05) is 5.32 Å². The Kier molecular flexibility index (Phi) is 4.55. The lowest BCUT2D eigenvalue weighted by Gasteiger charge is -2.02. The van der Waals surface area contributed by atoms with Crippen molar-refractivity contribution in [1.82, 2.24) is 14.9 Å². The van der Waals surface area contributed by atoms with Crippen LogP contribution in [0.3, 0.4) is 0 Å². The predicted molar refractivity (Wildman–Crippen MR) is 88.8 cm³/mol. The Morgan fingerprint density at radius 2 is 2.20 bits per heavy atom. The lowest BCUT2D eigenvalue weighted by atomic mass is 10.1. The minimum absolute atomic E-state index is 0.0150. The molecule has 128 valence electrons. The van der Waals surface area contributed by atoms with Crippen LogP contribution in [0.15, 0.2) is 47.2 Å². The molecule has 25 heavy (non-hydrogen) atoms. The van der Waals surface area contributed by atoms with Crippen molar-refractivity contribution in [1.29, 1.82) is 0 Å². The van der Waals surface area contributed by atoms with E-state index in [4.69, 9.17) is 4.52 Å². The zero-order chi connectivity index (χ0) is 17.8. The number of benzene rings is 1. The largest absolute Gasteiger partial charge is 0.360 e. The van der Waals surface area contributed by atoms with Gasteiger partial charge in [0, 0.05) is 36.9 Å². The second-order valence-corrected chi connectivity index (χ2v) is 5.39. The number of hydrogen-bond acceptors (Lipinski definition) is 6. The number of rotatable bonds is 6. The number of nitrogens with zero attached hydrogens (tertiary/aromatic N) is 4. The van der Waals surface area contributed by atoms with Gasteiger partial charge in [-0.25, -0.2) is 0 Å². The summed E-state index contributed by atoms with van der Waals surface area (Å²) in [5.74, 6) is 0.746. The van der Waals surface area contributed by atoms with Gasteiger partial charge in [-0.3, -0.25) is 19.6 Å². The summed E-state index contributed by atoms with van der Waals surface area (Å²) in [6.45, 7) is 2.07. The summed E-state index contributed by atoms with van der Waals surface area (Å²) in [6, 6.07) is 8.08. The summed E-state index contributed by atoms with van der Waals surface area (Å²) < 4.78 is 6.44. The number of carbonyl (C=O) groups excluding carboxylic acids is 1. The predicted octanol–water partition coefficient (Wildman–Crippen LogP) is 2.78. The number of nitro groups is 1. The summed E-state index contributed by atoms with van der Waals surface area (Å²) in [4.78, 5) is 22.6. The number of aryl methyl sites for hydroxylation is 2. The molecule has 1 N–H and O–H groups in total. The molecule has 9 nitrogen and oxygen atoms in total. The molecule has 0 fully saturated rings. The van der Waals surface area contributed by atoms with Crippen molar-refractivity contribution in [3.05, 3.63) is 58.6 Å². The van der Waals surface area contributed by atoms with Crippen molar-refractivity contribution in [2.24, 2.45) is 0 Å². The SMILES string of the molecule is Cc1cc(NC(=O)CCn2cc(-c3ccccc3[N+](=O)[O-])cn2)no1. The molecular formula is C16H15N5O4. The van der Waals surface area contributed by atoms with E-state index in [1.54, 1.807) is 48.3 Å². The van der Waals surface area contributed by atoms with Gasteiger partial charge >= 0.3 is 0 Å². The van der Waals surface area contributed by atoms with Crippen LogP contribution in [0.4, 0.5) is 11.5 Å². The van der Waals surface area contributed by atoms with Gasteiger partial charge in [0.1, 0.15) is 5.76 Å². The molecule has 0 atom stereocenters. The second-order valence-electron chi connectivity index (χ2n) is 5.39. The Hall–Kier alpha value is -3.49. The van der Waals surface area contributed by atoms with Crippen LogP contribution in [-0.2, 0) is 11.3 Å². The summed E-state index contributed by atoms with van der Waals surface area (Å²) in [7, 11) is 0. The van der Waals surface area contributed by atoms with E-state index >= 15 is 0 Å². The fraction of sp³-hybridized carbons (Fsp3) is 0.188. The third kappa shape index (κ3) is 3.89. The smallest absolute Gasteiger partial charge is 0.277 e. The molecule has 1 aromatic carbocycles. The number of nitrogens with one attached hydrogen (secondary N) is 1. The van der Waals surface area contributed by atoms with Crippen LogP contribution >= 0.6 is 0 Å². The normalized spacial score (nSPS) is 10.6. The molecule has 0 bridgehead atoms. The molecule has 3 rings (SSSR count). The molecule has 0 aliphatic heterocycles. The van der Waals surface area contributed by atoms with Gasteiger partial charge in [-0.15, -0.1) is 0 Å². The maximum Gasteiger partial charge on any atom is 0.277 e. The number of para-hydroxylation sites is 1. The van der Waals surface area contributed by atoms with Crippen molar-refractivity contribution < 1.29 is 14.2 Å². The van der Waals surface area contributed by atoms with Gasteiger partial charge in [-0.2, -0.15) is 5.10 Å². The second kappa shape index (κ2) is 6.95. The first-order chi connectivity index (χ1) is 12.0. The van der Waals surface area contributed by atoms with Crippen LogP contribution in [0.1, 0.15) is 12.2 Å². The van der Waals surface area contributed by atoms with E-state index in [1.807, 2.05) is 0 Å². The zero-order valence-corrected chi connectivity index (χ0v) is 13.4. The Balaban J connectivity index is 1.64. The minimum atomic E-state index is -0.431. The molecule has 0 saturated carbocycles. The Labute approximate surface area is 142 Å². The molecule has 0 aliphatic carbocycles. The van der Waals surface area contributed by atoms with E-state index in [1.165, 1.54) is 6.07 Å². The first kappa shape index (κ1) is 16.4. The van der Waals surface area contributed by atoms with Crippen LogP contribution in [0.2, 0.25) is 0 Å². The van der Waals surface area contributed by atoms with Gasteiger partial charge in [-0.1, -0.05) is 17.3 Å². The molecule has 0 saturated heterocycles. The van der Waals surface area contributed by atoms with E-state index in [2.05, 4.69) is 15.6 Å². The molecule has 0 spiro atoms. The van der Waals surface area contributed by atoms with Crippen molar-refractivity contribution in [3.63, 3.8) is 0 Å². The number of hydrogen-bond donors (Lipinski definition) is 1. The molecule has 0 radical (unpaired) electrons. The van der Waals surface area contributed by atoms with Crippen molar-refractivity contribution in [2.45, 2.75) is 19.9 Å². The highest BCUT2D eigenvalue weighted by atomic mass is 16.6. The average Bonchev–Trinajstić information content (AvgIpc) is 3.22. The van der Waals surface area contributed by atoms with Gasteiger partial charge in [-0.05, 0) is 13.0 Å². The molecule has 2 aromatic heterocycles. The van der Waals surface area contributed by atoms with Crippen LogP contribution < -0.4 is 5.32 Å². The molecule has 9 heteroatoms. The maximum atomic E-state index is 11.9. The van der Waals surface area contributed by atoms with Crippen LogP contribution in [0.5, 0.6) is 0 Å². The summed E-state index contributed by atoms with van der Waals surface area (Å²) in [6.07, 6.45) is 3.40. The van der Waals surface area contributed by atoms with Gasteiger partial charge in [0.25, 0.3) is 5.69 Å².